The van der Waals surface area contributed by atoms with E-state index in [4.69, 9.17) is 4.74 Å². The zero-order valence-electron chi connectivity index (χ0n) is 15.9. The Kier molecular flexibility index (Phi) is 4.70. The third-order valence-electron chi connectivity index (χ3n) is 4.92. The average Bonchev–Trinajstić information content (AvgIpc) is 2.53. The van der Waals surface area contributed by atoms with E-state index < -0.39 is 21.8 Å². The van der Waals surface area contributed by atoms with Gasteiger partial charge in [0, 0.05) is 25.5 Å². The lowest BCUT2D eigenvalue weighted by Crippen LogP contribution is -3.17. The number of halogens is 1. The summed E-state index contributed by atoms with van der Waals surface area (Å²) < 4.78 is 45.2. The van der Waals surface area contributed by atoms with Gasteiger partial charge in [0.25, 0.3) is 0 Å². The Morgan fingerprint density at radius 1 is 1.15 bits per heavy atom. The molecule has 27 heavy (non-hydrogen) atoms. The molecule has 0 radical (unpaired) electrons. The van der Waals surface area contributed by atoms with Crippen LogP contribution in [0.15, 0.2) is 30.3 Å². The molecule has 1 aliphatic rings. The molecule has 2 aromatic carbocycles. The number of fused-ring (bicyclic) bond motifs is 1. The molecule has 0 fully saturated rings. The van der Waals surface area contributed by atoms with Crippen LogP contribution in [0, 0.1) is 24.9 Å². The van der Waals surface area contributed by atoms with Crippen molar-refractivity contribution in [3.8, 4) is 5.75 Å². The van der Waals surface area contributed by atoms with E-state index in [9.17, 15) is 18.0 Å². The molecule has 1 aliphatic heterocycles. The maximum absolute atomic E-state index is 13.9. The average molecular weight is 394 g/mol. The van der Waals surface area contributed by atoms with E-state index in [1.165, 1.54) is 6.07 Å². The van der Waals surface area contributed by atoms with Crippen molar-refractivity contribution >= 4 is 15.7 Å². The van der Waals surface area contributed by atoms with Gasteiger partial charge < -0.3 is 15.0 Å². The summed E-state index contributed by atoms with van der Waals surface area (Å²) in [6, 6.07) is 7.23. The van der Waals surface area contributed by atoms with Gasteiger partial charge in [0.05, 0.1) is 17.5 Å². The van der Waals surface area contributed by atoms with E-state index in [0.29, 0.717) is 22.6 Å². The highest BCUT2D eigenvalue weighted by Gasteiger charge is 2.42. The van der Waals surface area contributed by atoms with Crippen molar-refractivity contribution in [1.29, 1.82) is 0 Å². The van der Waals surface area contributed by atoms with Crippen LogP contribution in [0.25, 0.3) is 0 Å². The van der Waals surface area contributed by atoms with Gasteiger partial charge in [0.15, 0.2) is 0 Å². The summed E-state index contributed by atoms with van der Waals surface area (Å²) in [6.45, 7) is 6.83. The predicted octanol–water partition coefficient (Wildman–Crippen LogP) is 2.41. The van der Waals surface area contributed by atoms with E-state index in [0.717, 1.165) is 17.4 Å². The quantitative estimate of drug-likeness (QED) is 0.784. The van der Waals surface area contributed by atoms with Gasteiger partial charge in [-0.1, -0.05) is 0 Å². The van der Waals surface area contributed by atoms with Crippen molar-refractivity contribution in [2.24, 2.45) is 0 Å². The third-order valence-corrected chi connectivity index (χ3v) is 5.53. The molecular weight excluding hydrogens is 371 g/mol. The zero-order valence-corrected chi connectivity index (χ0v) is 16.7. The smallest absolute Gasteiger partial charge is 0.236 e. The Morgan fingerprint density at radius 3 is 2.41 bits per heavy atom. The first kappa shape index (κ1) is 19.6. The topological polar surface area (TPSA) is 82.9 Å². The van der Waals surface area contributed by atoms with Crippen LogP contribution in [-0.2, 0) is 10.0 Å². The van der Waals surface area contributed by atoms with E-state index in [-0.39, 0.29) is 10.9 Å². The molecule has 2 N–H and O–H groups in total. The fraction of sp³-hybridized carbons (Fsp3) is 0.368. The highest BCUT2D eigenvalue weighted by atomic mass is 32.2. The number of quaternary nitrogens is 1. The first-order chi connectivity index (χ1) is 12.4. The number of benzene rings is 2. The van der Waals surface area contributed by atoms with E-state index in [1.54, 1.807) is 52.0 Å². The highest BCUT2D eigenvalue weighted by molar-refractivity contribution is 7.92. The van der Waals surface area contributed by atoms with Crippen molar-refractivity contribution < 1.29 is 22.6 Å². The van der Waals surface area contributed by atoms with Crippen molar-refractivity contribution in [3.63, 3.8) is 0 Å². The number of anilines is 1. The van der Waals surface area contributed by atoms with Gasteiger partial charge in [-0.2, -0.15) is 0 Å². The summed E-state index contributed by atoms with van der Waals surface area (Å²) >= 11 is 0. The Bertz CT molecular complexity index is 1010. The molecule has 3 rings (SSSR count). The van der Waals surface area contributed by atoms with Crippen molar-refractivity contribution in [1.82, 2.24) is 0 Å². The van der Waals surface area contributed by atoms with Crippen LogP contribution in [0.2, 0.25) is 0 Å². The standard InChI is InChI=1S/C19H23FN2O4S/c1-11-12(2)16(20)9-8-14(11)18-15-7-6-13(21-27(5,24)25)10-17(15)26-19(3,4)22(18)23/h6-10,18,21-22H,1-5H3. The van der Waals surface area contributed by atoms with Crippen LogP contribution in [0.1, 0.15) is 42.1 Å². The number of sulfonamides is 1. The number of ether oxygens (including phenoxy) is 1. The number of nitrogens with one attached hydrogen (secondary N) is 2. The molecule has 2 aromatic rings. The number of hydrogen-bond acceptors (Lipinski definition) is 4. The minimum Gasteiger partial charge on any atom is -0.631 e. The largest absolute Gasteiger partial charge is 0.631 e. The van der Waals surface area contributed by atoms with E-state index >= 15 is 0 Å². The van der Waals surface area contributed by atoms with Gasteiger partial charge in [-0.15, -0.1) is 0 Å². The maximum Gasteiger partial charge on any atom is 0.236 e. The van der Waals surface area contributed by atoms with Gasteiger partial charge in [0.1, 0.15) is 17.6 Å². The summed E-state index contributed by atoms with van der Waals surface area (Å²) in [4.78, 5) is 0. The second-order valence-electron chi connectivity index (χ2n) is 7.42. The fourth-order valence-electron chi connectivity index (χ4n) is 3.38. The van der Waals surface area contributed by atoms with Crippen molar-refractivity contribution in [2.45, 2.75) is 39.5 Å². The molecule has 0 bridgehead atoms. The second-order valence-corrected chi connectivity index (χ2v) is 9.17. The molecule has 0 aromatic heterocycles. The van der Waals surface area contributed by atoms with Gasteiger partial charge >= 0.3 is 0 Å². The lowest BCUT2D eigenvalue weighted by atomic mass is 9.89. The Labute approximate surface area is 158 Å². The molecule has 2 atom stereocenters. The summed E-state index contributed by atoms with van der Waals surface area (Å²) in [5, 5.41) is 13.0. The molecule has 1 heterocycles. The molecule has 2 unspecified atom stereocenters. The van der Waals surface area contributed by atoms with Gasteiger partial charge in [0.2, 0.25) is 15.7 Å². The van der Waals surface area contributed by atoms with Crippen LogP contribution in [0.4, 0.5) is 10.1 Å². The van der Waals surface area contributed by atoms with Crippen LogP contribution < -0.4 is 14.5 Å². The number of hydroxylamine groups is 2. The normalized spacial score (nSPS) is 21.3. The number of rotatable bonds is 3. The van der Waals surface area contributed by atoms with Gasteiger partial charge in [-0.25, -0.2) is 12.8 Å². The Hall–Kier alpha value is -2.16. The van der Waals surface area contributed by atoms with Crippen LogP contribution in [-0.4, -0.2) is 20.4 Å². The van der Waals surface area contributed by atoms with Crippen LogP contribution >= 0.6 is 0 Å². The van der Waals surface area contributed by atoms with E-state index in [1.807, 2.05) is 0 Å². The van der Waals surface area contributed by atoms with Gasteiger partial charge in [-0.3, -0.25) is 4.72 Å². The zero-order chi connectivity index (χ0) is 20.1. The minimum atomic E-state index is -3.44. The summed E-state index contributed by atoms with van der Waals surface area (Å²) in [5.74, 6) is 0.113. The van der Waals surface area contributed by atoms with Crippen LogP contribution in [0.5, 0.6) is 5.75 Å². The Balaban J connectivity index is 2.17. The summed E-state index contributed by atoms with van der Waals surface area (Å²) in [7, 11) is -3.44. The van der Waals surface area contributed by atoms with Crippen LogP contribution in [0.3, 0.4) is 0 Å². The molecule has 6 nitrogen and oxygen atoms in total. The van der Waals surface area contributed by atoms with E-state index in [2.05, 4.69) is 4.72 Å². The monoisotopic (exact) mass is 394 g/mol. The molecule has 0 saturated carbocycles. The third kappa shape index (κ3) is 3.65. The van der Waals surface area contributed by atoms with Crippen molar-refractivity contribution in [3.05, 3.63) is 63.6 Å². The molecule has 0 amide bonds. The van der Waals surface area contributed by atoms with Crippen molar-refractivity contribution in [2.75, 3.05) is 11.0 Å². The van der Waals surface area contributed by atoms with Gasteiger partial charge in [-0.05, 0) is 49.2 Å². The number of hydrogen-bond donors (Lipinski definition) is 2. The molecule has 0 saturated heterocycles. The second kappa shape index (κ2) is 6.47. The predicted molar refractivity (Wildman–Crippen MR) is 102 cm³/mol. The molecular formula is C19H23FN2O4S. The lowest BCUT2D eigenvalue weighted by molar-refractivity contribution is -0.951. The molecule has 8 heteroatoms. The molecule has 0 spiro atoms. The summed E-state index contributed by atoms with van der Waals surface area (Å²) in [6.07, 6.45) is 1.06. The fourth-order valence-corrected chi connectivity index (χ4v) is 3.94. The molecule has 146 valence electrons. The first-order valence-electron chi connectivity index (χ1n) is 8.51. The first-order valence-corrected chi connectivity index (χ1v) is 10.4. The summed E-state index contributed by atoms with van der Waals surface area (Å²) in [5.41, 5.74) is 1.83. The Morgan fingerprint density at radius 2 is 1.78 bits per heavy atom. The highest BCUT2D eigenvalue weighted by Crippen LogP contribution is 2.38. The maximum atomic E-state index is 13.9. The SMILES string of the molecule is Cc1c(F)ccc(C2c3ccc(NS(C)(=O)=O)cc3OC(C)(C)[NH+]2[O-])c1C. The molecule has 0 aliphatic carbocycles. The lowest BCUT2D eigenvalue weighted by Gasteiger charge is -2.47. The minimum absolute atomic E-state index is 0.132.